The molecule has 1 atom stereocenters. The molecule has 0 saturated carbocycles. The van der Waals surface area contributed by atoms with Gasteiger partial charge in [0.2, 0.25) is 11.8 Å². The smallest absolute Gasteiger partial charge is 0.254 e. The van der Waals surface area contributed by atoms with Crippen LogP contribution in [-0.4, -0.2) is 46.7 Å². The van der Waals surface area contributed by atoms with Crippen molar-refractivity contribution in [1.82, 2.24) is 9.80 Å². The van der Waals surface area contributed by atoms with E-state index < -0.39 is 6.04 Å². The fourth-order valence-corrected chi connectivity index (χ4v) is 4.71. The van der Waals surface area contributed by atoms with Gasteiger partial charge in [-0.1, -0.05) is 19.1 Å². The summed E-state index contributed by atoms with van der Waals surface area (Å²) in [4.78, 5) is 42.7. The molecular formula is C27H33N3O3. The van der Waals surface area contributed by atoms with Crippen molar-refractivity contribution in [2.24, 2.45) is 0 Å². The van der Waals surface area contributed by atoms with Crippen molar-refractivity contribution in [2.45, 2.75) is 65.5 Å². The maximum absolute atomic E-state index is 13.7. The number of likely N-dealkylation sites (tertiary alicyclic amines) is 1. The molecular weight excluding hydrogens is 414 g/mol. The molecule has 4 rings (SSSR count). The van der Waals surface area contributed by atoms with E-state index in [2.05, 4.69) is 5.32 Å². The van der Waals surface area contributed by atoms with Crippen LogP contribution in [0, 0.1) is 13.8 Å². The molecule has 1 N–H and O–H groups in total. The minimum atomic E-state index is -0.513. The summed E-state index contributed by atoms with van der Waals surface area (Å²) in [5.41, 5.74) is 5.55. The van der Waals surface area contributed by atoms with Crippen LogP contribution in [0.25, 0.3) is 0 Å². The summed E-state index contributed by atoms with van der Waals surface area (Å²) >= 11 is 0. The van der Waals surface area contributed by atoms with E-state index in [9.17, 15) is 14.4 Å². The number of rotatable bonds is 4. The molecule has 0 bridgehead atoms. The Balaban J connectivity index is 1.67. The number of amides is 3. The molecule has 174 valence electrons. The molecule has 0 aliphatic carbocycles. The number of carbonyl (C=O) groups is 3. The minimum Gasteiger partial charge on any atom is -0.341 e. The Morgan fingerprint density at radius 1 is 0.939 bits per heavy atom. The molecule has 0 unspecified atom stereocenters. The predicted octanol–water partition coefficient (Wildman–Crippen LogP) is 4.23. The number of benzene rings is 2. The Hall–Kier alpha value is -3.15. The zero-order chi connectivity index (χ0) is 23.5. The standard InChI is InChI=1S/C27H33N3O3/c1-4-25(31)28-23-11-10-20-16-24(27(33)29-12-6-5-7-13-29)30(17-22(20)15-23)26(32)21-9-8-18(2)19(3)14-21/h8-11,14-15,24H,4-7,12-13,16-17H2,1-3H3,(H,28,31)/t24-/m1/s1. The first-order valence-corrected chi connectivity index (χ1v) is 12.0. The molecule has 1 saturated heterocycles. The summed E-state index contributed by atoms with van der Waals surface area (Å²) in [5.74, 6) is -0.130. The van der Waals surface area contributed by atoms with Gasteiger partial charge in [-0.05, 0) is 79.6 Å². The van der Waals surface area contributed by atoms with Crippen molar-refractivity contribution < 1.29 is 14.4 Å². The number of fused-ring (bicyclic) bond motifs is 1. The fourth-order valence-electron chi connectivity index (χ4n) is 4.71. The SMILES string of the molecule is CCC(=O)Nc1ccc2c(c1)CN(C(=O)c1ccc(C)c(C)c1)[C@@H](C(=O)N1CCCCC1)C2. The monoisotopic (exact) mass is 447 g/mol. The van der Waals surface area contributed by atoms with E-state index in [0.717, 1.165) is 60.3 Å². The normalized spacial score (nSPS) is 18.0. The van der Waals surface area contributed by atoms with E-state index in [1.807, 2.05) is 62.1 Å². The molecule has 2 aliphatic rings. The van der Waals surface area contributed by atoms with Crippen LogP contribution in [0.4, 0.5) is 5.69 Å². The molecule has 0 spiro atoms. The van der Waals surface area contributed by atoms with Crippen LogP contribution in [0.5, 0.6) is 0 Å². The Morgan fingerprint density at radius 2 is 1.70 bits per heavy atom. The lowest BCUT2D eigenvalue weighted by Crippen LogP contribution is -2.54. The second-order valence-corrected chi connectivity index (χ2v) is 9.22. The second-order valence-electron chi connectivity index (χ2n) is 9.22. The topological polar surface area (TPSA) is 69.7 Å². The Labute approximate surface area is 196 Å². The van der Waals surface area contributed by atoms with E-state index in [1.54, 1.807) is 4.90 Å². The van der Waals surface area contributed by atoms with Crippen molar-refractivity contribution in [3.05, 3.63) is 64.2 Å². The van der Waals surface area contributed by atoms with Crippen LogP contribution in [0.1, 0.15) is 65.2 Å². The van der Waals surface area contributed by atoms with Crippen molar-refractivity contribution in [1.29, 1.82) is 0 Å². The summed E-state index contributed by atoms with van der Waals surface area (Å²) in [6.45, 7) is 7.70. The van der Waals surface area contributed by atoms with Gasteiger partial charge in [0.25, 0.3) is 5.91 Å². The highest BCUT2D eigenvalue weighted by atomic mass is 16.2. The second kappa shape index (κ2) is 9.77. The van der Waals surface area contributed by atoms with Crippen molar-refractivity contribution in [3.63, 3.8) is 0 Å². The van der Waals surface area contributed by atoms with E-state index in [0.29, 0.717) is 24.9 Å². The molecule has 6 nitrogen and oxygen atoms in total. The van der Waals surface area contributed by atoms with Gasteiger partial charge in [0.05, 0.1) is 0 Å². The molecule has 3 amide bonds. The molecule has 2 aromatic carbocycles. The van der Waals surface area contributed by atoms with Gasteiger partial charge in [-0.25, -0.2) is 0 Å². The molecule has 2 aromatic rings. The first kappa shape index (κ1) is 23.0. The molecule has 33 heavy (non-hydrogen) atoms. The van der Waals surface area contributed by atoms with Crippen LogP contribution in [0.2, 0.25) is 0 Å². The molecule has 2 heterocycles. The number of hydrogen-bond acceptors (Lipinski definition) is 3. The minimum absolute atomic E-state index is 0.0425. The van der Waals surface area contributed by atoms with E-state index in [1.165, 1.54) is 0 Å². The van der Waals surface area contributed by atoms with Gasteiger partial charge in [-0.3, -0.25) is 14.4 Å². The lowest BCUT2D eigenvalue weighted by Gasteiger charge is -2.40. The average molecular weight is 448 g/mol. The summed E-state index contributed by atoms with van der Waals surface area (Å²) < 4.78 is 0. The summed E-state index contributed by atoms with van der Waals surface area (Å²) in [7, 11) is 0. The fraction of sp³-hybridized carbons (Fsp3) is 0.444. The Morgan fingerprint density at radius 3 is 2.39 bits per heavy atom. The van der Waals surface area contributed by atoms with Crippen LogP contribution in [0.15, 0.2) is 36.4 Å². The highest BCUT2D eigenvalue weighted by Crippen LogP contribution is 2.29. The van der Waals surface area contributed by atoms with Crippen LogP contribution < -0.4 is 5.32 Å². The first-order chi connectivity index (χ1) is 15.9. The summed E-state index contributed by atoms with van der Waals surface area (Å²) in [6, 6.07) is 11.0. The van der Waals surface area contributed by atoms with Crippen LogP contribution in [0.3, 0.4) is 0 Å². The highest BCUT2D eigenvalue weighted by Gasteiger charge is 2.37. The number of piperidine rings is 1. The van der Waals surface area contributed by atoms with Gasteiger partial charge in [0, 0.05) is 43.7 Å². The highest BCUT2D eigenvalue weighted by molar-refractivity contribution is 5.98. The van der Waals surface area contributed by atoms with Gasteiger partial charge in [0.15, 0.2) is 0 Å². The lowest BCUT2D eigenvalue weighted by atomic mass is 9.91. The number of hydrogen-bond donors (Lipinski definition) is 1. The van der Waals surface area contributed by atoms with Crippen LogP contribution in [-0.2, 0) is 22.6 Å². The van der Waals surface area contributed by atoms with E-state index >= 15 is 0 Å². The summed E-state index contributed by atoms with van der Waals surface area (Å²) in [6.07, 6.45) is 4.07. The van der Waals surface area contributed by atoms with Crippen molar-refractivity contribution in [3.8, 4) is 0 Å². The number of carbonyl (C=O) groups excluding carboxylic acids is 3. The predicted molar refractivity (Wildman–Crippen MR) is 129 cm³/mol. The number of anilines is 1. The third-order valence-electron chi connectivity index (χ3n) is 6.91. The van der Waals surface area contributed by atoms with Gasteiger partial charge in [0.1, 0.15) is 6.04 Å². The zero-order valence-electron chi connectivity index (χ0n) is 19.8. The molecule has 1 fully saturated rings. The average Bonchev–Trinajstić information content (AvgIpc) is 2.84. The van der Waals surface area contributed by atoms with Gasteiger partial charge >= 0.3 is 0 Å². The maximum atomic E-state index is 13.7. The molecule has 2 aliphatic heterocycles. The first-order valence-electron chi connectivity index (χ1n) is 12.0. The Kier molecular flexibility index (Phi) is 6.82. The van der Waals surface area contributed by atoms with Gasteiger partial charge < -0.3 is 15.1 Å². The zero-order valence-corrected chi connectivity index (χ0v) is 19.8. The van der Waals surface area contributed by atoms with Crippen molar-refractivity contribution >= 4 is 23.4 Å². The van der Waals surface area contributed by atoms with E-state index in [-0.39, 0.29) is 17.7 Å². The maximum Gasteiger partial charge on any atom is 0.254 e. The third-order valence-corrected chi connectivity index (χ3v) is 6.91. The Bertz CT molecular complexity index is 1070. The van der Waals surface area contributed by atoms with Crippen LogP contribution >= 0.6 is 0 Å². The van der Waals surface area contributed by atoms with Gasteiger partial charge in [-0.15, -0.1) is 0 Å². The number of nitrogens with zero attached hydrogens (tertiary/aromatic N) is 2. The van der Waals surface area contributed by atoms with Gasteiger partial charge in [-0.2, -0.15) is 0 Å². The number of aryl methyl sites for hydroxylation is 2. The number of nitrogens with one attached hydrogen (secondary N) is 1. The summed E-state index contributed by atoms with van der Waals surface area (Å²) in [5, 5.41) is 2.90. The van der Waals surface area contributed by atoms with E-state index in [4.69, 9.17) is 0 Å². The van der Waals surface area contributed by atoms with Crippen molar-refractivity contribution in [2.75, 3.05) is 18.4 Å². The molecule has 0 radical (unpaired) electrons. The lowest BCUT2D eigenvalue weighted by molar-refractivity contribution is -0.137. The third kappa shape index (κ3) is 4.95. The largest absolute Gasteiger partial charge is 0.341 e. The molecule has 6 heteroatoms. The quantitative estimate of drug-likeness (QED) is 0.763. The molecule has 0 aromatic heterocycles.